The van der Waals surface area contributed by atoms with Crippen LogP contribution in [0.4, 0.5) is 18.9 Å². The van der Waals surface area contributed by atoms with E-state index in [4.69, 9.17) is 17.0 Å². The third-order valence-electron chi connectivity index (χ3n) is 3.62. The maximum absolute atomic E-state index is 12.9. The Hall–Kier alpha value is -0.930. The predicted octanol–water partition coefficient (Wildman–Crippen LogP) is 3.01. The van der Waals surface area contributed by atoms with Crippen molar-refractivity contribution < 1.29 is 21.6 Å². The number of rotatable bonds is 1. The number of anilines is 1. The topological polar surface area (TPSA) is 61.2 Å². The molecule has 0 unspecified atom stereocenters. The number of hydrogen-bond acceptors (Lipinski definition) is 4. The number of thioether (sulfide) groups is 1. The second-order valence-corrected chi connectivity index (χ2v) is 8.93. The molecule has 1 aromatic rings. The van der Waals surface area contributed by atoms with Crippen molar-refractivity contribution in [3.05, 3.63) is 28.8 Å². The van der Waals surface area contributed by atoms with E-state index in [1.54, 1.807) is 0 Å². The van der Waals surface area contributed by atoms with Gasteiger partial charge in [0.05, 0.1) is 33.8 Å². The fraction of sp³-hybridized carbons (Fsp3) is 0.417. The minimum Gasteiger partial charge on any atom is -0.315 e. The van der Waals surface area contributed by atoms with Gasteiger partial charge in [-0.2, -0.15) is 13.2 Å². The first-order valence-corrected chi connectivity index (χ1v) is 9.28. The summed E-state index contributed by atoms with van der Waals surface area (Å²) in [5.74, 6) is -0.253. The van der Waals surface area contributed by atoms with Crippen molar-refractivity contribution in [2.45, 2.75) is 17.5 Å². The monoisotopic (exact) mass is 370 g/mol. The van der Waals surface area contributed by atoms with Crippen molar-refractivity contribution in [2.75, 3.05) is 16.4 Å². The molecule has 10 heteroatoms. The summed E-state index contributed by atoms with van der Waals surface area (Å²) in [7, 11) is -3.25. The number of halogens is 4. The molecule has 22 heavy (non-hydrogen) atoms. The van der Waals surface area contributed by atoms with Gasteiger partial charge >= 0.3 is 6.18 Å². The molecule has 2 fully saturated rings. The molecule has 2 aliphatic rings. The van der Waals surface area contributed by atoms with E-state index in [9.17, 15) is 21.6 Å². The zero-order chi connectivity index (χ0) is 16.3. The van der Waals surface area contributed by atoms with Gasteiger partial charge in [0.2, 0.25) is 0 Å². The number of fused-ring (bicyclic) bond motifs is 1. The summed E-state index contributed by atoms with van der Waals surface area (Å²) in [6, 6.07) is 2.30. The molecule has 0 amide bonds. The molecule has 4 nitrogen and oxygen atoms in total. The number of nitrogens with zero attached hydrogens (tertiary/aromatic N) is 1. The molecule has 0 bridgehead atoms. The van der Waals surface area contributed by atoms with Crippen LogP contribution >= 0.6 is 23.4 Å². The molecule has 0 saturated carbocycles. The van der Waals surface area contributed by atoms with Crippen LogP contribution in [0.1, 0.15) is 5.56 Å². The average Bonchev–Trinajstić information content (AvgIpc) is 2.79. The maximum atomic E-state index is 12.9. The molecular weight excluding hydrogens is 361 g/mol. The predicted molar refractivity (Wildman–Crippen MR) is 80.5 cm³/mol. The van der Waals surface area contributed by atoms with E-state index < -0.39 is 27.6 Å². The average molecular weight is 371 g/mol. The molecule has 2 heterocycles. The number of hydrogen-bond donors (Lipinski definition) is 1. The van der Waals surface area contributed by atoms with Crippen molar-refractivity contribution in [3.8, 4) is 0 Å². The zero-order valence-corrected chi connectivity index (χ0v) is 13.3. The Bertz CT molecular complexity index is 751. The lowest BCUT2D eigenvalue weighted by molar-refractivity contribution is -0.137. The minimum absolute atomic E-state index is 0.0196. The normalized spacial score (nSPS) is 27.3. The first kappa shape index (κ1) is 15.9. The van der Waals surface area contributed by atoms with Gasteiger partial charge in [-0.25, -0.2) is 8.42 Å². The fourth-order valence-electron chi connectivity index (χ4n) is 2.66. The lowest BCUT2D eigenvalue weighted by Crippen LogP contribution is -2.37. The van der Waals surface area contributed by atoms with Gasteiger partial charge in [-0.15, -0.1) is 0 Å². The van der Waals surface area contributed by atoms with E-state index in [1.165, 1.54) is 4.90 Å². The van der Waals surface area contributed by atoms with Crippen molar-refractivity contribution in [2.24, 2.45) is 0 Å². The molecule has 0 spiro atoms. The van der Waals surface area contributed by atoms with Crippen LogP contribution in [0, 0.1) is 5.41 Å². The standard InChI is InChI=1S/C12H10ClF3N2O2S2/c13-7-2-1-6(12(14,15)16)3-8(7)18-9-4-22(19,20)5-10(9)21-11(18)17/h1-3,9-10,17H,4-5H2/t9-,10-/m0/s1. The summed E-state index contributed by atoms with van der Waals surface area (Å²) in [5, 5.41) is 7.68. The van der Waals surface area contributed by atoms with Crippen molar-refractivity contribution in [1.29, 1.82) is 5.41 Å². The van der Waals surface area contributed by atoms with Crippen molar-refractivity contribution in [3.63, 3.8) is 0 Å². The quantitative estimate of drug-likeness (QED) is 0.825. The van der Waals surface area contributed by atoms with Crippen LogP contribution in [0.5, 0.6) is 0 Å². The molecule has 1 aromatic carbocycles. The molecule has 0 aromatic heterocycles. The van der Waals surface area contributed by atoms with Crippen LogP contribution in [0.2, 0.25) is 5.02 Å². The summed E-state index contributed by atoms with van der Waals surface area (Å²) < 4.78 is 62.0. The van der Waals surface area contributed by atoms with Crippen LogP contribution in [-0.4, -0.2) is 36.4 Å². The van der Waals surface area contributed by atoms with E-state index >= 15 is 0 Å². The van der Waals surface area contributed by atoms with Gasteiger partial charge in [0.25, 0.3) is 0 Å². The van der Waals surface area contributed by atoms with E-state index in [0.29, 0.717) is 0 Å². The van der Waals surface area contributed by atoms with E-state index in [2.05, 4.69) is 0 Å². The summed E-state index contributed by atoms with van der Waals surface area (Å²) in [6.45, 7) is 0. The summed E-state index contributed by atoms with van der Waals surface area (Å²) in [5.41, 5.74) is -0.854. The zero-order valence-electron chi connectivity index (χ0n) is 10.9. The Morgan fingerprint density at radius 1 is 1.32 bits per heavy atom. The first-order chi connectivity index (χ1) is 10.1. The highest BCUT2D eigenvalue weighted by atomic mass is 35.5. The van der Waals surface area contributed by atoms with Crippen LogP contribution in [0.15, 0.2) is 18.2 Å². The molecule has 2 atom stereocenters. The van der Waals surface area contributed by atoms with Crippen LogP contribution in [0.3, 0.4) is 0 Å². The Morgan fingerprint density at radius 2 is 2.00 bits per heavy atom. The Kier molecular flexibility index (Phi) is 3.65. The smallest absolute Gasteiger partial charge is 0.315 e. The van der Waals surface area contributed by atoms with Gasteiger partial charge in [0.1, 0.15) is 0 Å². The van der Waals surface area contributed by atoms with Gasteiger partial charge in [0.15, 0.2) is 15.0 Å². The molecule has 2 saturated heterocycles. The van der Waals surface area contributed by atoms with Gasteiger partial charge < -0.3 is 4.90 Å². The molecule has 2 aliphatic heterocycles. The summed E-state index contributed by atoms with van der Waals surface area (Å²) >= 11 is 7.04. The molecular formula is C12H10ClF3N2O2S2. The van der Waals surface area contributed by atoms with Gasteiger partial charge in [-0.3, -0.25) is 5.41 Å². The third kappa shape index (κ3) is 2.69. The van der Waals surface area contributed by atoms with Crippen molar-refractivity contribution >= 4 is 44.1 Å². The largest absolute Gasteiger partial charge is 0.416 e. The lowest BCUT2D eigenvalue weighted by atomic mass is 10.1. The highest BCUT2D eigenvalue weighted by Crippen LogP contribution is 2.44. The Labute approximate surface area is 134 Å². The van der Waals surface area contributed by atoms with Crippen LogP contribution < -0.4 is 4.90 Å². The SMILES string of the molecule is N=C1S[C@H]2CS(=O)(=O)C[C@@H]2N1c1cc(C(F)(F)F)ccc1Cl. The van der Waals surface area contributed by atoms with Crippen LogP contribution in [0.25, 0.3) is 0 Å². The Morgan fingerprint density at radius 3 is 2.64 bits per heavy atom. The van der Waals surface area contributed by atoms with E-state index in [0.717, 1.165) is 30.0 Å². The number of nitrogens with one attached hydrogen (secondary N) is 1. The second-order valence-electron chi connectivity index (χ2n) is 5.14. The maximum Gasteiger partial charge on any atom is 0.416 e. The first-order valence-electron chi connectivity index (χ1n) is 6.20. The second kappa shape index (κ2) is 5.04. The number of alkyl halides is 3. The highest BCUT2D eigenvalue weighted by molar-refractivity contribution is 8.15. The minimum atomic E-state index is -4.53. The lowest BCUT2D eigenvalue weighted by Gasteiger charge is -2.25. The highest BCUT2D eigenvalue weighted by Gasteiger charge is 2.49. The molecule has 0 radical (unpaired) electrons. The number of benzene rings is 1. The Balaban J connectivity index is 2.05. The number of sulfone groups is 1. The van der Waals surface area contributed by atoms with Crippen LogP contribution in [-0.2, 0) is 16.0 Å². The van der Waals surface area contributed by atoms with Gasteiger partial charge in [-0.05, 0) is 18.2 Å². The number of amidine groups is 1. The van der Waals surface area contributed by atoms with E-state index in [1.807, 2.05) is 0 Å². The van der Waals surface area contributed by atoms with Gasteiger partial charge in [-0.1, -0.05) is 23.4 Å². The third-order valence-corrected chi connectivity index (χ3v) is 7.07. The molecule has 3 rings (SSSR count). The van der Waals surface area contributed by atoms with E-state index in [-0.39, 0.29) is 32.6 Å². The summed E-state index contributed by atoms with van der Waals surface area (Å²) in [6.07, 6.45) is -4.53. The molecule has 1 N–H and O–H groups in total. The van der Waals surface area contributed by atoms with Gasteiger partial charge in [0, 0.05) is 5.25 Å². The molecule has 120 valence electrons. The fourth-order valence-corrected chi connectivity index (χ4v) is 6.66. The summed E-state index contributed by atoms with van der Waals surface area (Å²) in [4.78, 5) is 1.30. The van der Waals surface area contributed by atoms with Crippen molar-refractivity contribution in [1.82, 2.24) is 0 Å². The molecule has 0 aliphatic carbocycles.